The van der Waals surface area contributed by atoms with Gasteiger partial charge < -0.3 is 15.7 Å². The fourth-order valence-electron chi connectivity index (χ4n) is 1.36. The van der Waals surface area contributed by atoms with Crippen molar-refractivity contribution in [2.24, 2.45) is 0 Å². The van der Waals surface area contributed by atoms with Crippen LogP contribution in [0.25, 0.3) is 0 Å². The van der Waals surface area contributed by atoms with Gasteiger partial charge in [0.1, 0.15) is 17.7 Å². The van der Waals surface area contributed by atoms with E-state index in [2.05, 4.69) is 26.6 Å². The van der Waals surface area contributed by atoms with E-state index in [4.69, 9.17) is 5.11 Å². The summed E-state index contributed by atoms with van der Waals surface area (Å²) in [6, 6.07) is 0.495. The fraction of sp³-hybridized carbons (Fsp3) is 0.273. The highest BCUT2D eigenvalue weighted by molar-refractivity contribution is 9.10. The van der Waals surface area contributed by atoms with Crippen molar-refractivity contribution in [3.8, 4) is 0 Å². The van der Waals surface area contributed by atoms with E-state index in [0.29, 0.717) is 6.07 Å². The van der Waals surface area contributed by atoms with Crippen LogP contribution in [0.5, 0.6) is 0 Å². The van der Waals surface area contributed by atoms with Gasteiger partial charge in [0.25, 0.3) is 0 Å². The maximum absolute atomic E-state index is 13.5. The third kappa shape index (κ3) is 4.47. The van der Waals surface area contributed by atoms with Crippen LogP contribution in [-0.2, 0) is 9.59 Å². The molecule has 0 saturated heterocycles. The average molecular weight is 337 g/mol. The van der Waals surface area contributed by atoms with Crippen molar-refractivity contribution in [1.29, 1.82) is 0 Å². The van der Waals surface area contributed by atoms with Crippen molar-refractivity contribution >= 4 is 33.5 Å². The number of carbonyl (C=O) groups excluding carboxylic acids is 1. The van der Waals surface area contributed by atoms with E-state index in [1.807, 2.05) is 0 Å². The lowest BCUT2D eigenvalue weighted by atomic mass is 10.2. The number of benzene rings is 1. The average Bonchev–Trinajstić information content (AvgIpc) is 2.25. The molecule has 1 unspecified atom stereocenters. The van der Waals surface area contributed by atoms with E-state index < -0.39 is 29.6 Å². The molecule has 0 bridgehead atoms. The second-order valence-corrected chi connectivity index (χ2v) is 4.57. The van der Waals surface area contributed by atoms with Crippen LogP contribution in [-0.4, -0.2) is 29.6 Å². The lowest BCUT2D eigenvalue weighted by molar-refractivity contribution is -0.141. The minimum Gasteiger partial charge on any atom is -0.480 e. The first-order valence-corrected chi connectivity index (χ1v) is 5.99. The Bertz CT molecular complexity index is 488. The molecule has 1 aromatic carbocycles. The molecule has 8 heteroatoms. The van der Waals surface area contributed by atoms with E-state index in [9.17, 15) is 18.4 Å². The zero-order valence-corrected chi connectivity index (χ0v) is 11.4. The summed E-state index contributed by atoms with van der Waals surface area (Å²) in [6.45, 7) is 0.931. The Morgan fingerprint density at radius 2 is 2.05 bits per heavy atom. The smallest absolute Gasteiger partial charge is 0.328 e. The molecule has 0 spiro atoms. The minimum absolute atomic E-state index is 0.0713. The summed E-state index contributed by atoms with van der Waals surface area (Å²) >= 11 is 2.96. The molecule has 0 heterocycles. The highest BCUT2D eigenvalue weighted by Crippen LogP contribution is 2.26. The topological polar surface area (TPSA) is 78.4 Å². The molecule has 1 atom stereocenters. The van der Waals surface area contributed by atoms with Crippen LogP contribution >= 0.6 is 15.9 Å². The molecule has 1 aromatic rings. The first-order chi connectivity index (χ1) is 8.81. The largest absolute Gasteiger partial charge is 0.480 e. The number of rotatable bonds is 5. The van der Waals surface area contributed by atoms with Crippen LogP contribution in [0.15, 0.2) is 16.6 Å². The highest BCUT2D eigenvalue weighted by Gasteiger charge is 2.19. The predicted octanol–water partition coefficient (Wildman–Crippen LogP) is 1.73. The number of hydrogen-bond donors (Lipinski definition) is 3. The van der Waals surface area contributed by atoms with Crippen LogP contribution in [0.3, 0.4) is 0 Å². The molecule has 0 aliphatic rings. The molecule has 5 nitrogen and oxygen atoms in total. The molecule has 0 aromatic heterocycles. The molecule has 0 aliphatic carbocycles. The van der Waals surface area contributed by atoms with Gasteiger partial charge in [-0.2, -0.15) is 0 Å². The number of halogens is 3. The normalized spacial score (nSPS) is 11.8. The van der Waals surface area contributed by atoms with Crippen LogP contribution in [0.1, 0.15) is 6.92 Å². The number of hydrogen-bond acceptors (Lipinski definition) is 3. The SMILES string of the molecule is CC(=O)NC(CNc1c(F)cc(F)cc1Br)C(=O)O. The molecule has 1 rings (SSSR count). The Morgan fingerprint density at radius 3 is 2.53 bits per heavy atom. The van der Waals surface area contributed by atoms with Crippen molar-refractivity contribution in [2.75, 3.05) is 11.9 Å². The van der Waals surface area contributed by atoms with Gasteiger partial charge in [-0.3, -0.25) is 4.79 Å². The van der Waals surface area contributed by atoms with Crippen LogP contribution < -0.4 is 10.6 Å². The minimum atomic E-state index is -1.26. The summed E-state index contributed by atoms with van der Waals surface area (Å²) in [6.07, 6.45) is 0. The van der Waals surface area contributed by atoms with Crippen molar-refractivity contribution in [2.45, 2.75) is 13.0 Å². The van der Waals surface area contributed by atoms with Crippen LogP contribution in [0.4, 0.5) is 14.5 Å². The summed E-state index contributed by atoms with van der Waals surface area (Å²) in [5.41, 5.74) is -0.0713. The molecule has 0 radical (unpaired) electrons. The number of carboxylic acid groups (broad SMARTS) is 1. The Balaban J connectivity index is 2.80. The number of carbonyl (C=O) groups is 2. The van der Waals surface area contributed by atoms with Gasteiger partial charge >= 0.3 is 5.97 Å². The summed E-state index contributed by atoms with van der Waals surface area (Å²) in [4.78, 5) is 21.7. The molecule has 1 amide bonds. The number of nitrogens with one attached hydrogen (secondary N) is 2. The molecular weight excluding hydrogens is 326 g/mol. The number of carboxylic acids is 1. The quantitative estimate of drug-likeness (QED) is 0.765. The molecule has 0 fully saturated rings. The molecule has 104 valence electrons. The predicted molar refractivity (Wildman–Crippen MR) is 67.8 cm³/mol. The van der Waals surface area contributed by atoms with E-state index >= 15 is 0 Å². The van der Waals surface area contributed by atoms with Gasteiger partial charge in [-0.05, 0) is 22.0 Å². The zero-order chi connectivity index (χ0) is 14.6. The number of amides is 1. The lowest BCUT2D eigenvalue weighted by Gasteiger charge is -2.16. The van der Waals surface area contributed by atoms with Crippen molar-refractivity contribution in [3.05, 3.63) is 28.2 Å². The van der Waals surface area contributed by atoms with Gasteiger partial charge in [0, 0.05) is 24.0 Å². The van der Waals surface area contributed by atoms with Crippen molar-refractivity contribution < 1.29 is 23.5 Å². The molecule has 3 N–H and O–H groups in total. The number of aliphatic carboxylic acids is 1. The maximum Gasteiger partial charge on any atom is 0.328 e. The fourth-order valence-corrected chi connectivity index (χ4v) is 1.91. The van der Waals surface area contributed by atoms with Gasteiger partial charge in [-0.25, -0.2) is 13.6 Å². The summed E-state index contributed by atoms with van der Waals surface area (Å²) in [5.74, 6) is -3.40. The van der Waals surface area contributed by atoms with Crippen molar-refractivity contribution in [1.82, 2.24) is 5.32 Å². The number of anilines is 1. The monoisotopic (exact) mass is 336 g/mol. The summed E-state index contributed by atoms with van der Waals surface area (Å²) < 4.78 is 26.4. The van der Waals surface area contributed by atoms with Crippen LogP contribution in [0, 0.1) is 11.6 Å². The van der Waals surface area contributed by atoms with Gasteiger partial charge in [0.05, 0.1) is 5.69 Å². The Hall–Kier alpha value is -1.70. The Labute approximate surface area is 116 Å². The standard InChI is InChI=1S/C11H11BrF2N2O3/c1-5(17)16-9(11(18)19)4-15-10-7(12)2-6(13)3-8(10)14/h2-3,9,15H,4H2,1H3,(H,16,17)(H,18,19). The summed E-state index contributed by atoms with van der Waals surface area (Å²) in [5, 5.41) is 13.6. The lowest BCUT2D eigenvalue weighted by Crippen LogP contribution is -2.44. The van der Waals surface area contributed by atoms with E-state index in [1.54, 1.807) is 0 Å². The molecule has 19 heavy (non-hydrogen) atoms. The van der Waals surface area contributed by atoms with E-state index in [-0.39, 0.29) is 16.7 Å². The van der Waals surface area contributed by atoms with Gasteiger partial charge in [-0.1, -0.05) is 0 Å². The molecular formula is C11H11BrF2N2O3. The third-order valence-electron chi connectivity index (χ3n) is 2.17. The van der Waals surface area contributed by atoms with E-state index in [0.717, 1.165) is 6.07 Å². The molecule has 0 aliphatic heterocycles. The van der Waals surface area contributed by atoms with Crippen LogP contribution in [0.2, 0.25) is 0 Å². The molecule has 0 saturated carbocycles. The van der Waals surface area contributed by atoms with Crippen molar-refractivity contribution in [3.63, 3.8) is 0 Å². The van der Waals surface area contributed by atoms with Gasteiger partial charge in [-0.15, -0.1) is 0 Å². The van der Waals surface area contributed by atoms with E-state index in [1.165, 1.54) is 6.92 Å². The Kier molecular flexibility index (Phi) is 5.22. The van der Waals surface area contributed by atoms with Gasteiger partial charge in [0.15, 0.2) is 0 Å². The first kappa shape index (κ1) is 15.4. The highest BCUT2D eigenvalue weighted by atomic mass is 79.9. The second kappa shape index (κ2) is 6.46. The maximum atomic E-state index is 13.5. The summed E-state index contributed by atoms with van der Waals surface area (Å²) in [7, 11) is 0. The zero-order valence-electron chi connectivity index (χ0n) is 9.84. The first-order valence-electron chi connectivity index (χ1n) is 5.19. The Morgan fingerprint density at radius 1 is 1.42 bits per heavy atom. The van der Waals surface area contributed by atoms with Gasteiger partial charge in [0.2, 0.25) is 5.91 Å². The second-order valence-electron chi connectivity index (χ2n) is 3.72. The third-order valence-corrected chi connectivity index (χ3v) is 2.79.